The first-order valence-corrected chi connectivity index (χ1v) is 2.19. The van der Waals surface area contributed by atoms with Gasteiger partial charge in [0.2, 0.25) is 0 Å². The topological polar surface area (TPSA) is 86.2 Å². The maximum absolute atomic E-state index is 8.55. The Morgan fingerprint density at radius 1 is 1.14 bits per heavy atom. The Kier molecular flexibility index (Phi) is 13.5. The molecule has 0 saturated heterocycles. The van der Waals surface area contributed by atoms with Gasteiger partial charge in [-0.3, -0.25) is 0 Å². The average Bonchev–Trinajstić information content (AvgIpc) is 0.722. The summed E-state index contributed by atoms with van der Waals surface area (Å²) < 4.78 is 8.55. The van der Waals surface area contributed by atoms with Gasteiger partial charge in [0.25, 0.3) is 0 Å². The largest absolute Gasteiger partial charge is 3.00 e. The third kappa shape index (κ3) is 81.1. The van der Waals surface area contributed by atoms with E-state index >= 15 is 0 Å². The zero-order valence-electron chi connectivity index (χ0n) is 3.10. The molecule has 0 aromatic carbocycles. The quantitative estimate of drug-likeness (QED) is 0.423. The van der Waals surface area contributed by atoms with Gasteiger partial charge in [-0.1, -0.05) is 0 Å². The van der Waals surface area contributed by atoms with E-state index < -0.39 is 7.82 Å². The molecule has 0 heterocycles. The molecule has 0 aliphatic heterocycles. The van der Waals surface area contributed by atoms with Gasteiger partial charge in [0.05, 0.1) is 0 Å². The van der Waals surface area contributed by atoms with E-state index in [9.17, 15) is 0 Å². The summed E-state index contributed by atoms with van der Waals surface area (Å²) in [6.45, 7) is 0. The molecule has 0 spiro atoms. The van der Waals surface area contributed by atoms with Gasteiger partial charge in [-0.05, 0) is 0 Å². The van der Waals surface area contributed by atoms with Crippen LogP contribution in [0.15, 0.2) is 0 Å². The first-order valence-electron chi connectivity index (χ1n) is 0.730. The molecule has 0 aliphatic rings. The third-order valence-electron chi connectivity index (χ3n) is 0. The molecule has 7 heteroatoms. The van der Waals surface area contributed by atoms with Gasteiger partial charge < -0.3 is 19.2 Å². The van der Waals surface area contributed by atoms with Crippen molar-refractivity contribution in [1.82, 2.24) is 0 Å². The van der Waals surface area contributed by atoms with Crippen LogP contribution in [0.4, 0.5) is 0 Å². The minimum Gasteiger partial charge on any atom is -0.822 e. The van der Waals surface area contributed by atoms with Crippen LogP contribution in [0, 0.1) is 0 Å². The summed E-state index contributed by atoms with van der Waals surface area (Å²) in [6, 6.07) is 0. The van der Waals surface area contributed by atoms with Crippen molar-refractivity contribution in [1.29, 1.82) is 0 Å². The Labute approximate surface area is 77.7 Å². The van der Waals surface area contributed by atoms with Crippen LogP contribution in [0.1, 0.15) is 0 Å². The molecular weight excluding hydrogens is 235 g/mol. The molecule has 7 heavy (non-hydrogen) atoms. The van der Waals surface area contributed by atoms with Gasteiger partial charge in [-0.2, -0.15) is 7.82 Å². The Hall–Kier alpha value is 1.80. The Bertz CT molecular complexity index is 57.8. The number of hydrogen-bond donors (Lipinski definition) is 0. The first kappa shape index (κ1) is 15.9. The molecule has 0 rings (SSSR count). The molecule has 4 nitrogen and oxygen atoms in total. The second kappa shape index (κ2) is 5.93. The number of rotatable bonds is 0. The standard InChI is InChI=1S/H3O4P.V.Y/c1-5(2,3)4;;/h(H3,1,2,3,4);;/q;;+3/p-3. The molecule has 37 valence electrons. The monoisotopic (exact) mass is 235 g/mol. The van der Waals surface area contributed by atoms with Crippen LogP contribution >= 0.6 is 7.82 Å². The van der Waals surface area contributed by atoms with Gasteiger partial charge in [0.15, 0.2) is 0 Å². The predicted octanol–water partition coefficient (Wildman–Crippen LogP) is -2.83. The number of hydrogen-bond acceptors (Lipinski definition) is 4. The summed E-state index contributed by atoms with van der Waals surface area (Å²) in [4.78, 5) is 25.6. The van der Waals surface area contributed by atoms with E-state index in [1.54, 1.807) is 0 Å². The van der Waals surface area contributed by atoms with Crippen LogP contribution in [0.5, 0.6) is 0 Å². The van der Waals surface area contributed by atoms with Gasteiger partial charge >= 0.3 is 32.7 Å². The van der Waals surface area contributed by atoms with Crippen LogP contribution in [0.2, 0.25) is 0 Å². The minimum atomic E-state index is -5.39. The molecule has 0 N–H and O–H groups in total. The molecule has 0 aromatic heterocycles. The van der Waals surface area contributed by atoms with Crippen molar-refractivity contribution < 1.29 is 70.5 Å². The molecule has 0 fully saturated rings. The van der Waals surface area contributed by atoms with Gasteiger partial charge in [0, 0.05) is 18.6 Å². The van der Waals surface area contributed by atoms with E-state index in [4.69, 9.17) is 19.2 Å². The molecular formula is O4PVY. The molecule has 0 amide bonds. The van der Waals surface area contributed by atoms with Crippen LogP contribution < -0.4 is 14.7 Å². The van der Waals surface area contributed by atoms with Crippen LogP contribution in [0.25, 0.3) is 0 Å². The molecule has 0 aromatic rings. The van der Waals surface area contributed by atoms with Crippen molar-refractivity contribution in [3.05, 3.63) is 0 Å². The van der Waals surface area contributed by atoms with Crippen LogP contribution in [-0.2, 0) is 55.8 Å². The summed E-state index contributed by atoms with van der Waals surface area (Å²) in [7, 11) is -5.39. The van der Waals surface area contributed by atoms with E-state index in [1.807, 2.05) is 0 Å². The summed E-state index contributed by atoms with van der Waals surface area (Å²) >= 11 is 0. The normalized spacial score (nSPS) is 8.43. The molecule has 0 unspecified atom stereocenters. The van der Waals surface area contributed by atoms with Crippen LogP contribution in [0.3, 0.4) is 0 Å². The summed E-state index contributed by atoms with van der Waals surface area (Å²) in [5.41, 5.74) is 0. The fraction of sp³-hybridized carbons (Fsp3) is 0. The second-order valence-corrected chi connectivity index (χ2v) is 1.34. The second-order valence-electron chi connectivity index (χ2n) is 0.447. The number of phosphoric acid groups is 1. The fourth-order valence-corrected chi connectivity index (χ4v) is 0. The Balaban J connectivity index is -0.0000000800. The molecule has 0 aliphatic carbocycles. The summed E-state index contributed by atoms with van der Waals surface area (Å²) in [6.07, 6.45) is 0. The minimum absolute atomic E-state index is 0. The summed E-state index contributed by atoms with van der Waals surface area (Å²) in [5.74, 6) is 0. The van der Waals surface area contributed by atoms with Crippen LogP contribution in [-0.4, -0.2) is 0 Å². The molecule has 0 saturated carbocycles. The van der Waals surface area contributed by atoms with Gasteiger partial charge in [-0.25, -0.2) is 0 Å². The van der Waals surface area contributed by atoms with E-state index in [-0.39, 0.29) is 51.3 Å². The van der Waals surface area contributed by atoms with Crippen molar-refractivity contribution in [3.63, 3.8) is 0 Å². The maximum Gasteiger partial charge on any atom is 3.00 e. The predicted molar refractivity (Wildman–Crippen MR) is 7.61 cm³/mol. The Morgan fingerprint density at radius 3 is 1.14 bits per heavy atom. The molecule has 0 bridgehead atoms. The molecule has 0 atom stereocenters. The average molecular weight is 235 g/mol. The fourth-order valence-electron chi connectivity index (χ4n) is 0. The van der Waals surface area contributed by atoms with E-state index in [0.29, 0.717) is 0 Å². The van der Waals surface area contributed by atoms with Gasteiger partial charge in [0.1, 0.15) is 0 Å². The molecule has 1 radical (unpaired) electrons. The van der Waals surface area contributed by atoms with Crippen molar-refractivity contribution in [2.45, 2.75) is 0 Å². The third-order valence-corrected chi connectivity index (χ3v) is 0. The first-order chi connectivity index (χ1) is 2.00. The van der Waals surface area contributed by atoms with Crippen molar-refractivity contribution in [3.8, 4) is 0 Å². The van der Waals surface area contributed by atoms with E-state index in [0.717, 1.165) is 0 Å². The van der Waals surface area contributed by atoms with E-state index in [2.05, 4.69) is 0 Å². The SMILES string of the molecule is O=P([O-])([O-])[O-].[V].[Y+3]. The maximum atomic E-state index is 8.55. The van der Waals surface area contributed by atoms with E-state index in [1.165, 1.54) is 0 Å². The zero-order valence-corrected chi connectivity index (χ0v) is 8.23. The van der Waals surface area contributed by atoms with Crippen molar-refractivity contribution in [2.24, 2.45) is 0 Å². The van der Waals surface area contributed by atoms with Gasteiger partial charge in [-0.15, -0.1) is 0 Å². The summed E-state index contributed by atoms with van der Waals surface area (Å²) in [5, 5.41) is 0. The van der Waals surface area contributed by atoms with Crippen molar-refractivity contribution in [2.75, 3.05) is 0 Å². The Morgan fingerprint density at radius 2 is 1.14 bits per heavy atom. The smallest absolute Gasteiger partial charge is 0.822 e. The van der Waals surface area contributed by atoms with Crippen molar-refractivity contribution >= 4 is 7.82 Å². The zero-order chi connectivity index (χ0) is 4.50.